The molecule has 0 bridgehead atoms. The lowest BCUT2D eigenvalue weighted by molar-refractivity contribution is -0.0339. The molecule has 0 saturated heterocycles. The van der Waals surface area contributed by atoms with Crippen LogP contribution in [0.5, 0.6) is 5.75 Å². The van der Waals surface area contributed by atoms with Crippen LogP contribution in [0, 0.1) is 0 Å². The van der Waals surface area contributed by atoms with Crippen molar-refractivity contribution >= 4 is 0 Å². The van der Waals surface area contributed by atoms with E-state index in [2.05, 4.69) is 6.92 Å². The normalized spacial score (nSPS) is 19.9. The maximum atomic E-state index is 10.4. The van der Waals surface area contributed by atoms with Crippen molar-refractivity contribution in [1.29, 1.82) is 0 Å². The minimum atomic E-state index is -0.628. The van der Waals surface area contributed by atoms with Gasteiger partial charge in [-0.15, -0.1) is 0 Å². The van der Waals surface area contributed by atoms with Crippen LogP contribution < -0.4 is 10.5 Å². The second-order valence-electron chi connectivity index (χ2n) is 5.66. The van der Waals surface area contributed by atoms with Crippen LogP contribution in [0.3, 0.4) is 0 Å². The van der Waals surface area contributed by atoms with Gasteiger partial charge in [0.15, 0.2) is 0 Å². The summed E-state index contributed by atoms with van der Waals surface area (Å²) < 4.78 is 5.73. The number of ether oxygens (including phenoxy) is 1. The number of aliphatic hydroxyl groups is 1. The Morgan fingerprint density at radius 3 is 2.42 bits per heavy atom. The molecule has 2 rings (SSSR count). The van der Waals surface area contributed by atoms with Gasteiger partial charge < -0.3 is 15.6 Å². The number of benzene rings is 1. The van der Waals surface area contributed by atoms with E-state index in [0.29, 0.717) is 6.61 Å². The van der Waals surface area contributed by atoms with Gasteiger partial charge in [-0.2, -0.15) is 0 Å². The van der Waals surface area contributed by atoms with E-state index in [0.717, 1.165) is 43.4 Å². The molecule has 0 heterocycles. The average molecular weight is 263 g/mol. The fraction of sp³-hybridized carbons (Fsp3) is 0.625. The molecule has 0 aliphatic heterocycles. The first-order valence-electron chi connectivity index (χ1n) is 7.34. The number of hydrogen-bond acceptors (Lipinski definition) is 3. The molecule has 0 radical (unpaired) electrons. The summed E-state index contributed by atoms with van der Waals surface area (Å²) in [6, 6.07) is 7.99. The molecule has 1 aliphatic rings. The molecule has 1 aromatic rings. The Morgan fingerprint density at radius 1 is 1.21 bits per heavy atom. The molecule has 1 atom stereocenters. The molecule has 1 aliphatic carbocycles. The van der Waals surface area contributed by atoms with E-state index >= 15 is 0 Å². The fourth-order valence-corrected chi connectivity index (χ4v) is 2.62. The predicted molar refractivity (Wildman–Crippen MR) is 77.2 cm³/mol. The first-order chi connectivity index (χ1) is 9.13. The highest BCUT2D eigenvalue weighted by molar-refractivity contribution is 5.29. The highest BCUT2D eigenvalue weighted by Crippen LogP contribution is 2.29. The first-order valence-corrected chi connectivity index (χ1v) is 7.34. The summed E-state index contributed by atoms with van der Waals surface area (Å²) in [6.45, 7) is 2.47. The van der Waals surface area contributed by atoms with Crippen molar-refractivity contribution in [2.45, 2.75) is 57.1 Å². The van der Waals surface area contributed by atoms with Crippen molar-refractivity contribution in [3.8, 4) is 5.75 Å². The van der Waals surface area contributed by atoms with Gasteiger partial charge in [-0.25, -0.2) is 0 Å². The van der Waals surface area contributed by atoms with Crippen LogP contribution in [0.4, 0.5) is 0 Å². The maximum absolute atomic E-state index is 10.4. The molecule has 0 aromatic heterocycles. The van der Waals surface area contributed by atoms with Crippen molar-refractivity contribution in [1.82, 2.24) is 0 Å². The van der Waals surface area contributed by atoms with E-state index in [1.54, 1.807) is 0 Å². The average Bonchev–Trinajstić information content (AvgIpc) is 2.46. The van der Waals surface area contributed by atoms with Crippen molar-refractivity contribution in [3.63, 3.8) is 0 Å². The summed E-state index contributed by atoms with van der Waals surface area (Å²) in [5.41, 5.74) is 6.48. The van der Waals surface area contributed by atoms with Gasteiger partial charge in [-0.05, 0) is 37.0 Å². The predicted octanol–water partition coefficient (Wildman–Crippen LogP) is 3.17. The first kappa shape index (κ1) is 14.4. The van der Waals surface area contributed by atoms with E-state index in [4.69, 9.17) is 10.5 Å². The zero-order valence-electron chi connectivity index (χ0n) is 11.8. The number of nitrogens with two attached hydrogens (primary N) is 1. The third kappa shape index (κ3) is 3.95. The van der Waals surface area contributed by atoms with Crippen LogP contribution >= 0.6 is 0 Å². The summed E-state index contributed by atoms with van der Waals surface area (Å²) in [4.78, 5) is 0. The zero-order chi connectivity index (χ0) is 13.7. The minimum absolute atomic E-state index is 0.0941. The quantitative estimate of drug-likeness (QED) is 0.858. The van der Waals surface area contributed by atoms with Crippen LogP contribution in [0.15, 0.2) is 24.3 Å². The van der Waals surface area contributed by atoms with Gasteiger partial charge in [-0.1, -0.05) is 38.3 Å². The molecule has 1 saturated carbocycles. The molecule has 3 N–H and O–H groups in total. The van der Waals surface area contributed by atoms with Crippen molar-refractivity contribution in [3.05, 3.63) is 29.8 Å². The molecule has 1 aromatic carbocycles. The van der Waals surface area contributed by atoms with Crippen LogP contribution in [0.2, 0.25) is 0 Å². The second-order valence-corrected chi connectivity index (χ2v) is 5.66. The third-order valence-corrected chi connectivity index (χ3v) is 4.04. The largest absolute Gasteiger partial charge is 0.491 e. The smallest absolute Gasteiger partial charge is 0.119 e. The molecule has 19 heavy (non-hydrogen) atoms. The molecule has 0 amide bonds. The van der Waals surface area contributed by atoms with E-state index in [1.165, 1.54) is 6.42 Å². The Balaban J connectivity index is 1.89. The highest BCUT2D eigenvalue weighted by atomic mass is 16.5. The molecule has 106 valence electrons. The fourth-order valence-electron chi connectivity index (χ4n) is 2.62. The monoisotopic (exact) mass is 263 g/mol. The van der Waals surface area contributed by atoms with Gasteiger partial charge in [0, 0.05) is 6.04 Å². The SMILES string of the molecule is CC[C@@H](N)c1ccc(OCC2(O)CCCCC2)cc1. The number of hydrogen-bond donors (Lipinski definition) is 2. The maximum Gasteiger partial charge on any atom is 0.119 e. The van der Waals surface area contributed by atoms with Crippen LogP contribution in [-0.2, 0) is 0 Å². The Morgan fingerprint density at radius 2 is 1.84 bits per heavy atom. The molecular weight excluding hydrogens is 238 g/mol. The highest BCUT2D eigenvalue weighted by Gasteiger charge is 2.29. The topological polar surface area (TPSA) is 55.5 Å². The molecule has 1 fully saturated rings. The summed E-state index contributed by atoms with van der Waals surface area (Å²) in [5.74, 6) is 0.811. The van der Waals surface area contributed by atoms with Crippen LogP contribution in [0.25, 0.3) is 0 Å². The van der Waals surface area contributed by atoms with Crippen molar-refractivity contribution in [2.24, 2.45) is 5.73 Å². The molecular formula is C16H25NO2. The molecule has 3 nitrogen and oxygen atoms in total. The summed E-state index contributed by atoms with van der Waals surface area (Å²) in [6.07, 6.45) is 6.07. The lowest BCUT2D eigenvalue weighted by atomic mass is 9.85. The summed E-state index contributed by atoms with van der Waals surface area (Å²) in [5, 5.41) is 10.4. The summed E-state index contributed by atoms with van der Waals surface area (Å²) in [7, 11) is 0. The molecule has 0 unspecified atom stereocenters. The van der Waals surface area contributed by atoms with E-state index in [9.17, 15) is 5.11 Å². The lowest BCUT2D eigenvalue weighted by Gasteiger charge is -2.31. The third-order valence-electron chi connectivity index (χ3n) is 4.04. The van der Waals surface area contributed by atoms with Gasteiger partial charge in [0.2, 0.25) is 0 Å². The summed E-state index contributed by atoms with van der Waals surface area (Å²) >= 11 is 0. The van der Waals surface area contributed by atoms with Crippen molar-refractivity contribution < 1.29 is 9.84 Å². The van der Waals surface area contributed by atoms with E-state index in [1.807, 2.05) is 24.3 Å². The van der Waals surface area contributed by atoms with E-state index in [-0.39, 0.29) is 6.04 Å². The molecule has 3 heteroatoms. The molecule has 0 spiro atoms. The second kappa shape index (κ2) is 6.40. The van der Waals surface area contributed by atoms with Crippen LogP contribution in [-0.4, -0.2) is 17.3 Å². The Hall–Kier alpha value is -1.06. The Bertz CT molecular complexity index is 382. The number of rotatable bonds is 5. The lowest BCUT2D eigenvalue weighted by Crippen LogP contribution is -2.37. The van der Waals surface area contributed by atoms with Gasteiger partial charge in [0.25, 0.3) is 0 Å². The Kier molecular flexibility index (Phi) is 4.83. The van der Waals surface area contributed by atoms with Gasteiger partial charge in [0.05, 0.1) is 5.60 Å². The zero-order valence-corrected chi connectivity index (χ0v) is 11.8. The van der Waals surface area contributed by atoms with Crippen LogP contribution in [0.1, 0.15) is 57.1 Å². The standard InChI is InChI=1S/C16H25NO2/c1-2-15(17)13-6-8-14(9-7-13)19-12-16(18)10-4-3-5-11-16/h6-9,15,18H,2-5,10-12,17H2,1H3/t15-/m1/s1. The van der Waals surface area contributed by atoms with Crippen molar-refractivity contribution in [2.75, 3.05) is 6.61 Å². The van der Waals surface area contributed by atoms with Gasteiger partial charge in [-0.3, -0.25) is 0 Å². The minimum Gasteiger partial charge on any atom is -0.491 e. The van der Waals surface area contributed by atoms with Gasteiger partial charge in [0.1, 0.15) is 12.4 Å². The van der Waals surface area contributed by atoms with E-state index < -0.39 is 5.60 Å². The van der Waals surface area contributed by atoms with Gasteiger partial charge >= 0.3 is 0 Å². The Labute approximate surface area is 115 Å².